The van der Waals surface area contributed by atoms with Gasteiger partial charge in [-0.15, -0.1) is 0 Å². The summed E-state index contributed by atoms with van der Waals surface area (Å²) in [5, 5.41) is 9.61. The van der Waals surface area contributed by atoms with Crippen LogP contribution in [0.5, 0.6) is 0 Å². The van der Waals surface area contributed by atoms with Crippen molar-refractivity contribution in [2.24, 2.45) is 0 Å². The summed E-state index contributed by atoms with van der Waals surface area (Å²) in [4.78, 5) is 11.6. The molecule has 4 nitrogen and oxygen atoms in total. The molecule has 1 aromatic rings. The highest BCUT2D eigenvalue weighted by Crippen LogP contribution is 2.14. The number of hydrogen-bond acceptors (Lipinski definition) is 2. The molecule has 82 valence electrons. The first kappa shape index (κ1) is 11.5. The summed E-state index contributed by atoms with van der Waals surface area (Å²) in [6, 6.07) is 0. The highest BCUT2D eigenvalue weighted by atomic mass is 16.1. The smallest absolute Gasteiger partial charge is 0.252 e. The lowest BCUT2D eigenvalue weighted by atomic mass is 10.2. The van der Waals surface area contributed by atoms with Gasteiger partial charge in [0, 0.05) is 16.8 Å². The number of hydrogen-bond donors (Lipinski definition) is 2. The van der Waals surface area contributed by atoms with Crippen LogP contribution in [0.25, 0.3) is 0 Å². The Morgan fingerprint density at radius 2 is 2.20 bits per heavy atom. The molecule has 0 aliphatic carbocycles. The number of carbonyl (C=O) groups is 1. The second-order valence-corrected chi connectivity index (χ2v) is 3.57. The van der Waals surface area contributed by atoms with Gasteiger partial charge in [-0.2, -0.15) is 5.10 Å². The molecule has 0 fully saturated rings. The van der Waals surface area contributed by atoms with E-state index in [1.165, 1.54) is 0 Å². The Kier molecular flexibility index (Phi) is 3.66. The minimum Gasteiger partial charge on any atom is -0.305 e. The van der Waals surface area contributed by atoms with E-state index in [9.17, 15) is 4.79 Å². The number of nitrogens with zero attached hydrogens (tertiary/aromatic N) is 1. The minimum atomic E-state index is -0.0912. The van der Waals surface area contributed by atoms with E-state index >= 15 is 0 Å². The number of anilines is 1. The Hall–Kier alpha value is -1.58. The van der Waals surface area contributed by atoms with Gasteiger partial charge in [-0.3, -0.25) is 9.89 Å². The van der Waals surface area contributed by atoms with Crippen LogP contribution < -0.4 is 5.32 Å². The molecular weight excluding hydrogens is 190 g/mol. The Morgan fingerprint density at radius 3 is 2.67 bits per heavy atom. The lowest BCUT2D eigenvalue weighted by Gasteiger charge is -2.02. The van der Waals surface area contributed by atoms with Crippen molar-refractivity contribution in [3.05, 3.63) is 22.9 Å². The molecule has 4 heteroatoms. The summed E-state index contributed by atoms with van der Waals surface area (Å²) in [5.74, 6) is 0.521. The molecule has 0 atom stereocenters. The number of amides is 1. The van der Waals surface area contributed by atoms with Gasteiger partial charge in [0.1, 0.15) is 0 Å². The molecule has 0 bridgehead atoms. The molecule has 1 aromatic heterocycles. The Bertz CT molecular complexity index is 391. The fraction of sp³-hybridized carbons (Fsp3) is 0.455. The molecule has 0 saturated carbocycles. The number of carbonyl (C=O) groups excluding carboxylic acids is 1. The average molecular weight is 207 g/mol. The molecule has 15 heavy (non-hydrogen) atoms. The zero-order chi connectivity index (χ0) is 11.4. The molecule has 0 unspecified atom stereocenters. The third-order valence-electron chi connectivity index (χ3n) is 2.35. The number of H-pyrrole nitrogens is 1. The third kappa shape index (κ3) is 2.68. The molecule has 0 saturated heterocycles. The Morgan fingerprint density at radius 1 is 1.53 bits per heavy atom. The van der Waals surface area contributed by atoms with Crippen molar-refractivity contribution in [1.29, 1.82) is 0 Å². The van der Waals surface area contributed by atoms with Crippen LogP contribution in [0.4, 0.5) is 5.82 Å². The maximum absolute atomic E-state index is 11.6. The van der Waals surface area contributed by atoms with E-state index in [4.69, 9.17) is 0 Å². The molecule has 1 rings (SSSR count). The molecule has 1 heterocycles. The Balaban J connectivity index is 2.75. The van der Waals surface area contributed by atoms with Gasteiger partial charge in [0.05, 0.1) is 0 Å². The number of aryl methyl sites for hydroxylation is 1. The normalized spacial score (nSPS) is 11.6. The predicted octanol–water partition coefficient (Wildman–Crippen LogP) is 2.32. The summed E-state index contributed by atoms with van der Waals surface area (Å²) >= 11 is 0. The first-order chi connectivity index (χ1) is 7.06. The van der Waals surface area contributed by atoms with Crippen LogP contribution in [-0.2, 0) is 4.79 Å². The molecule has 0 aliphatic heterocycles. The molecule has 2 N–H and O–H groups in total. The van der Waals surface area contributed by atoms with Crippen LogP contribution in [-0.4, -0.2) is 16.1 Å². The first-order valence-corrected chi connectivity index (χ1v) is 5.06. The predicted molar refractivity (Wildman–Crippen MR) is 60.7 cm³/mol. The number of rotatable bonds is 3. The van der Waals surface area contributed by atoms with Gasteiger partial charge in [-0.1, -0.05) is 13.0 Å². The molecular formula is C11H17N3O. The van der Waals surface area contributed by atoms with Crippen LogP contribution in [0.3, 0.4) is 0 Å². The van der Waals surface area contributed by atoms with Gasteiger partial charge >= 0.3 is 0 Å². The maximum Gasteiger partial charge on any atom is 0.252 e. The molecule has 0 aliphatic rings. The lowest BCUT2D eigenvalue weighted by molar-refractivity contribution is -0.112. The zero-order valence-electron chi connectivity index (χ0n) is 9.64. The molecule has 1 amide bonds. The number of aromatic amines is 1. The SMILES string of the molecule is CC/C=C(/C)C(=O)Nc1n[nH]c(C)c1C. The monoisotopic (exact) mass is 207 g/mol. The van der Waals surface area contributed by atoms with Crippen molar-refractivity contribution in [3.8, 4) is 0 Å². The summed E-state index contributed by atoms with van der Waals surface area (Å²) in [7, 11) is 0. The van der Waals surface area contributed by atoms with Gasteiger partial charge in [-0.25, -0.2) is 0 Å². The van der Waals surface area contributed by atoms with Gasteiger partial charge in [-0.05, 0) is 27.2 Å². The number of nitrogens with one attached hydrogen (secondary N) is 2. The second kappa shape index (κ2) is 4.77. The highest BCUT2D eigenvalue weighted by Gasteiger charge is 2.09. The van der Waals surface area contributed by atoms with E-state index in [0.29, 0.717) is 5.82 Å². The summed E-state index contributed by atoms with van der Waals surface area (Å²) in [6.45, 7) is 7.65. The van der Waals surface area contributed by atoms with E-state index in [2.05, 4.69) is 15.5 Å². The van der Waals surface area contributed by atoms with Crippen molar-refractivity contribution in [2.75, 3.05) is 5.32 Å². The standard InChI is InChI=1S/C11H17N3O/c1-5-6-7(2)11(15)12-10-8(3)9(4)13-14-10/h6H,5H2,1-4H3,(H2,12,13,14,15)/b7-6-. The van der Waals surface area contributed by atoms with Crippen molar-refractivity contribution in [1.82, 2.24) is 10.2 Å². The van der Waals surface area contributed by atoms with Crippen LogP contribution in [0.2, 0.25) is 0 Å². The molecule has 0 radical (unpaired) electrons. The number of allylic oxidation sites excluding steroid dienone is 1. The summed E-state index contributed by atoms with van der Waals surface area (Å²) < 4.78 is 0. The van der Waals surface area contributed by atoms with Gasteiger partial charge in [0.15, 0.2) is 5.82 Å². The summed E-state index contributed by atoms with van der Waals surface area (Å²) in [6.07, 6.45) is 2.75. The van der Waals surface area contributed by atoms with Crippen LogP contribution in [0.1, 0.15) is 31.5 Å². The largest absolute Gasteiger partial charge is 0.305 e. The van der Waals surface area contributed by atoms with E-state index in [-0.39, 0.29) is 5.91 Å². The quantitative estimate of drug-likeness (QED) is 0.747. The molecule has 0 spiro atoms. The fourth-order valence-electron chi connectivity index (χ4n) is 1.21. The van der Waals surface area contributed by atoms with E-state index in [1.807, 2.05) is 26.8 Å². The third-order valence-corrected chi connectivity index (χ3v) is 2.35. The van der Waals surface area contributed by atoms with Crippen LogP contribution in [0, 0.1) is 13.8 Å². The van der Waals surface area contributed by atoms with Gasteiger partial charge in [0.2, 0.25) is 0 Å². The first-order valence-electron chi connectivity index (χ1n) is 5.06. The minimum absolute atomic E-state index is 0.0912. The highest BCUT2D eigenvalue weighted by molar-refractivity contribution is 6.03. The van der Waals surface area contributed by atoms with E-state index < -0.39 is 0 Å². The maximum atomic E-state index is 11.6. The fourth-order valence-corrected chi connectivity index (χ4v) is 1.21. The Labute approximate surface area is 89.8 Å². The van der Waals surface area contributed by atoms with Crippen molar-refractivity contribution in [3.63, 3.8) is 0 Å². The molecule has 0 aromatic carbocycles. The van der Waals surface area contributed by atoms with Crippen molar-refractivity contribution in [2.45, 2.75) is 34.1 Å². The van der Waals surface area contributed by atoms with Crippen molar-refractivity contribution < 1.29 is 4.79 Å². The van der Waals surface area contributed by atoms with Gasteiger partial charge in [0.25, 0.3) is 5.91 Å². The summed E-state index contributed by atoms with van der Waals surface area (Å²) in [5.41, 5.74) is 2.67. The van der Waals surface area contributed by atoms with E-state index in [0.717, 1.165) is 23.3 Å². The van der Waals surface area contributed by atoms with Crippen LogP contribution >= 0.6 is 0 Å². The van der Waals surface area contributed by atoms with E-state index in [1.54, 1.807) is 6.92 Å². The van der Waals surface area contributed by atoms with Gasteiger partial charge < -0.3 is 5.32 Å². The topological polar surface area (TPSA) is 57.8 Å². The second-order valence-electron chi connectivity index (χ2n) is 3.57. The number of aromatic nitrogens is 2. The van der Waals surface area contributed by atoms with Crippen molar-refractivity contribution >= 4 is 11.7 Å². The van der Waals surface area contributed by atoms with Crippen LogP contribution in [0.15, 0.2) is 11.6 Å². The zero-order valence-corrected chi connectivity index (χ0v) is 9.64. The lowest BCUT2D eigenvalue weighted by Crippen LogP contribution is -2.13. The average Bonchev–Trinajstić information content (AvgIpc) is 2.50.